The Morgan fingerprint density at radius 3 is 2.67 bits per heavy atom. The van der Waals surface area contributed by atoms with Crippen molar-refractivity contribution < 1.29 is 18.3 Å². The van der Waals surface area contributed by atoms with Crippen molar-refractivity contribution in [1.82, 2.24) is 4.98 Å². The van der Waals surface area contributed by atoms with Crippen LogP contribution in [0.3, 0.4) is 0 Å². The van der Waals surface area contributed by atoms with E-state index in [1.807, 2.05) is 42.5 Å². The number of unbranched alkanes of at least 4 members (excludes halogenated alkanes) is 1. The number of fused-ring (bicyclic) bond motifs is 2. The summed E-state index contributed by atoms with van der Waals surface area (Å²) in [5, 5.41) is 1.71. The molecule has 5 aromatic rings. The maximum atomic E-state index is 13.8. The molecule has 5 nitrogen and oxygen atoms in total. The number of hydrogen-bond donors (Lipinski definition) is 0. The van der Waals surface area contributed by atoms with Crippen LogP contribution in [0, 0.1) is 5.82 Å². The Hall–Kier alpha value is -3.97. The van der Waals surface area contributed by atoms with Gasteiger partial charge >= 0.3 is 11.6 Å². The summed E-state index contributed by atoms with van der Waals surface area (Å²) in [4.78, 5) is 30.3. The summed E-state index contributed by atoms with van der Waals surface area (Å²) >= 11 is 1.68. The molecule has 180 valence electrons. The van der Waals surface area contributed by atoms with E-state index >= 15 is 0 Å². The molecular formula is C29H22FNO4S. The van der Waals surface area contributed by atoms with Crippen molar-refractivity contribution in [3.63, 3.8) is 0 Å². The molecule has 0 atom stereocenters. The average Bonchev–Trinajstić information content (AvgIpc) is 2.89. The van der Waals surface area contributed by atoms with Crippen LogP contribution in [0.25, 0.3) is 33.1 Å². The number of aromatic nitrogens is 1. The van der Waals surface area contributed by atoms with E-state index in [4.69, 9.17) is 14.1 Å². The average molecular weight is 500 g/mol. The minimum atomic E-state index is -0.701. The van der Waals surface area contributed by atoms with Crippen molar-refractivity contribution in [3.8, 4) is 11.3 Å². The molecule has 0 unspecified atom stereocenters. The Balaban J connectivity index is 1.19. The zero-order valence-electron chi connectivity index (χ0n) is 19.3. The van der Waals surface area contributed by atoms with E-state index in [1.54, 1.807) is 36.0 Å². The van der Waals surface area contributed by atoms with Crippen LogP contribution >= 0.6 is 11.8 Å². The molecule has 0 N–H and O–H groups in total. The van der Waals surface area contributed by atoms with Gasteiger partial charge < -0.3 is 9.15 Å². The van der Waals surface area contributed by atoms with E-state index in [9.17, 15) is 14.0 Å². The number of halogens is 1. The Labute approximate surface area is 210 Å². The Morgan fingerprint density at radius 2 is 1.78 bits per heavy atom. The second kappa shape index (κ2) is 10.7. The number of carbonyl (C=O) groups excluding carboxylic acids is 1. The van der Waals surface area contributed by atoms with E-state index in [0.717, 1.165) is 39.2 Å². The first kappa shape index (κ1) is 23.8. The van der Waals surface area contributed by atoms with Crippen LogP contribution in [-0.4, -0.2) is 23.3 Å². The number of benzene rings is 3. The molecule has 0 aliphatic carbocycles. The molecule has 36 heavy (non-hydrogen) atoms. The number of pyridine rings is 1. The molecule has 0 saturated carbocycles. The van der Waals surface area contributed by atoms with Crippen LogP contribution in [-0.2, 0) is 4.74 Å². The quantitative estimate of drug-likeness (QED) is 0.100. The number of carbonyl (C=O) groups is 1. The fourth-order valence-corrected chi connectivity index (χ4v) is 4.98. The predicted molar refractivity (Wildman–Crippen MR) is 140 cm³/mol. The fourth-order valence-electron chi connectivity index (χ4n) is 3.89. The topological polar surface area (TPSA) is 69.4 Å². The van der Waals surface area contributed by atoms with E-state index in [2.05, 4.69) is 0 Å². The molecule has 0 bridgehead atoms. The highest BCUT2D eigenvalue weighted by molar-refractivity contribution is 7.99. The van der Waals surface area contributed by atoms with Crippen molar-refractivity contribution in [2.24, 2.45) is 0 Å². The highest BCUT2D eigenvalue weighted by Gasteiger charge is 2.15. The van der Waals surface area contributed by atoms with Crippen molar-refractivity contribution in [2.45, 2.75) is 17.7 Å². The molecule has 0 spiro atoms. The van der Waals surface area contributed by atoms with Crippen molar-refractivity contribution in [3.05, 3.63) is 107 Å². The minimum Gasteiger partial charge on any atom is -0.462 e. The summed E-state index contributed by atoms with van der Waals surface area (Å²) in [6.07, 6.45) is 1.45. The van der Waals surface area contributed by atoms with Gasteiger partial charge in [0.15, 0.2) is 0 Å². The van der Waals surface area contributed by atoms with Gasteiger partial charge in [-0.15, -0.1) is 11.8 Å². The summed E-state index contributed by atoms with van der Waals surface area (Å²) < 4.78 is 24.3. The zero-order valence-corrected chi connectivity index (χ0v) is 20.1. The van der Waals surface area contributed by atoms with E-state index in [0.29, 0.717) is 17.4 Å². The Kier molecular flexibility index (Phi) is 7.09. The number of rotatable bonds is 8. The van der Waals surface area contributed by atoms with Gasteiger partial charge in [0.2, 0.25) is 0 Å². The molecule has 0 aliphatic rings. The third kappa shape index (κ3) is 5.31. The summed E-state index contributed by atoms with van der Waals surface area (Å²) in [5.74, 6) is -0.179. The second-order valence-electron chi connectivity index (χ2n) is 8.21. The molecule has 0 radical (unpaired) electrons. The minimum absolute atomic E-state index is 0.101. The molecule has 0 saturated heterocycles. The maximum Gasteiger partial charge on any atom is 0.351 e. The molecule has 2 heterocycles. The van der Waals surface area contributed by atoms with E-state index in [-0.39, 0.29) is 18.0 Å². The number of hydrogen-bond acceptors (Lipinski definition) is 6. The lowest BCUT2D eigenvalue weighted by atomic mass is 10.1. The monoisotopic (exact) mass is 499 g/mol. The standard InChI is InChI=1S/C29H22FNO4S/c30-21-10-7-9-19(16-21)25-18-27(22-11-2-3-12-24(22)31-25)36-15-6-5-14-34-28(32)23-17-20-8-1-4-13-26(20)35-29(23)33/h1-4,7-13,16-18H,5-6,14-15H2. The lowest BCUT2D eigenvalue weighted by Crippen LogP contribution is -2.17. The van der Waals surface area contributed by atoms with Gasteiger partial charge in [0.25, 0.3) is 0 Å². The summed E-state index contributed by atoms with van der Waals surface area (Å²) in [6.45, 7) is 0.206. The first-order valence-electron chi connectivity index (χ1n) is 11.6. The lowest BCUT2D eigenvalue weighted by molar-refractivity contribution is 0.0495. The van der Waals surface area contributed by atoms with Crippen molar-refractivity contribution >= 4 is 39.6 Å². The smallest absolute Gasteiger partial charge is 0.351 e. The molecule has 0 amide bonds. The van der Waals surface area contributed by atoms with Crippen LogP contribution < -0.4 is 5.63 Å². The highest BCUT2D eigenvalue weighted by Crippen LogP contribution is 2.32. The van der Waals surface area contributed by atoms with Crippen molar-refractivity contribution in [1.29, 1.82) is 0 Å². The predicted octanol–water partition coefficient (Wildman–Crippen LogP) is 6.88. The first-order chi connectivity index (χ1) is 17.6. The maximum absolute atomic E-state index is 13.8. The van der Waals surface area contributed by atoms with Gasteiger partial charge in [-0.05, 0) is 55.0 Å². The normalized spacial score (nSPS) is 11.1. The van der Waals surface area contributed by atoms with Gasteiger partial charge in [0, 0.05) is 21.2 Å². The van der Waals surface area contributed by atoms with Gasteiger partial charge in [-0.25, -0.2) is 19.0 Å². The summed E-state index contributed by atoms with van der Waals surface area (Å²) in [6, 6.07) is 24.8. The van der Waals surface area contributed by atoms with Crippen LogP contribution in [0.1, 0.15) is 23.2 Å². The number of esters is 1. The van der Waals surface area contributed by atoms with E-state index in [1.165, 1.54) is 18.2 Å². The van der Waals surface area contributed by atoms with Crippen LogP contribution in [0.15, 0.2) is 99.0 Å². The molecule has 0 fully saturated rings. The third-order valence-electron chi connectivity index (χ3n) is 5.69. The van der Waals surface area contributed by atoms with Crippen molar-refractivity contribution in [2.75, 3.05) is 12.4 Å². The molecule has 0 aliphatic heterocycles. The summed E-state index contributed by atoms with van der Waals surface area (Å²) in [7, 11) is 0. The fraction of sp³-hybridized carbons (Fsp3) is 0.138. The summed E-state index contributed by atoms with van der Waals surface area (Å²) in [5.41, 5.74) is 1.93. The molecule has 3 aromatic carbocycles. The van der Waals surface area contributed by atoms with Gasteiger partial charge in [-0.3, -0.25) is 0 Å². The van der Waals surface area contributed by atoms with Crippen LogP contribution in [0.2, 0.25) is 0 Å². The van der Waals surface area contributed by atoms with Crippen LogP contribution in [0.4, 0.5) is 4.39 Å². The number of nitrogens with zero attached hydrogens (tertiary/aromatic N) is 1. The lowest BCUT2D eigenvalue weighted by Gasteiger charge is -2.10. The zero-order chi connectivity index (χ0) is 24.9. The van der Waals surface area contributed by atoms with Gasteiger partial charge in [-0.1, -0.05) is 48.5 Å². The Morgan fingerprint density at radius 1 is 0.944 bits per heavy atom. The molecule has 2 aromatic heterocycles. The van der Waals surface area contributed by atoms with Gasteiger partial charge in [0.05, 0.1) is 17.8 Å². The van der Waals surface area contributed by atoms with E-state index < -0.39 is 11.6 Å². The van der Waals surface area contributed by atoms with Gasteiger partial charge in [-0.2, -0.15) is 0 Å². The molecule has 5 rings (SSSR count). The Bertz CT molecular complexity index is 1610. The SMILES string of the molecule is O=C(OCCCCSc1cc(-c2cccc(F)c2)nc2ccccc12)c1cc2ccccc2oc1=O. The second-order valence-corrected chi connectivity index (χ2v) is 9.35. The number of thioether (sulfide) groups is 1. The number of ether oxygens (including phenoxy) is 1. The van der Waals surface area contributed by atoms with Crippen LogP contribution in [0.5, 0.6) is 0 Å². The third-order valence-corrected chi connectivity index (χ3v) is 6.83. The first-order valence-corrected chi connectivity index (χ1v) is 12.6. The van der Waals surface area contributed by atoms with Gasteiger partial charge in [0.1, 0.15) is 17.0 Å². The highest BCUT2D eigenvalue weighted by atomic mass is 32.2. The largest absolute Gasteiger partial charge is 0.462 e. The molecular weight excluding hydrogens is 477 g/mol. The number of para-hydroxylation sites is 2. The molecule has 7 heteroatoms.